The number of carbonyl (C=O) groups excluding carboxylic acids is 1. The van der Waals surface area contributed by atoms with Crippen LogP contribution >= 0.6 is 0 Å². The molecule has 0 bridgehead atoms. The molecule has 4 rings (SSSR count). The molecule has 2 N–H and O–H groups in total. The van der Waals surface area contributed by atoms with Gasteiger partial charge in [-0.05, 0) is 53.1 Å². The van der Waals surface area contributed by atoms with Crippen molar-refractivity contribution < 1.29 is 9.21 Å². The van der Waals surface area contributed by atoms with Crippen LogP contribution in [0.1, 0.15) is 21.5 Å². The smallest absolute Gasteiger partial charge is 0.347 e. The SMILES string of the molecule is Cc1c(C(=O)C=Cc2ccc3ccccc3c2)c(=O)oc2cc(N)ccc12. The minimum absolute atomic E-state index is 0.0457. The Balaban J connectivity index is 1.72. The van der Waals surface area contributed by atoms with Gasteiger partial charge >= 0.3 is 5.63 Å². The van der Waals surface area contributed by atoms with E-state index in [0.29, 0.717) is 22.2 Å². The molecule has 0 spiro atoms. The molecular formula is C23H17NO3. The Kier molecular flexibility index (Phi) is 4.09. The maximum absolute atomic E-state index is 12.7. The van der Waals surface area contributed by atoms with E-state index in [4.69, 9.17) is 10.2 Å². The zero-order chi connectivity index (χ0) is 19.0. The molecule has 1 heterocycles. The average Bonchev–Trinajstić information content (AvgIpc) is 2.66. The van der Waals surface area contributed by atoms with Crippen LogP contribution in [0.5, 0.6) is 0 Å². The molecule has 0 aliphatic rings. The highest BCUT2D eigenvalue weighted by molar-refractivity contribution is 6.09. The zero-order valence-corrected chi connectivity index (χ0v) is 14.7. The molecule has 132 valence electrons. The van der Waals surface area contributed by atoms with E-state index in [1.165, 1.54) is 6.08 Å². The van der Waals surface area contributed by atoms with Crippen LogP contribution < -0.4 is 11.4 Å². The topological polar surface area (TPSA) is 73.3 Å². The number of fused-ring (bicyclic) bond motifs is 2. The molecular weight excluding hydrogens is 338 g/mol. The van der Waals surface area contributed by atoms with E-state index < -0.39 is 5.63 Å². The van der Waals surface area contributed by atoms with Crippen molar-refractivity contribution in [3.63, 3.8) is 0 Å². The molecule has 4 nitrogen and oxygen atoms in total. The fraction of sp³-hybridized carbons (Fsp3) is 0.0435. The van der Waals surface area contributed by atoms with E-state index in [-0.39, 0.29) is 11.3 Å². The summed E-state index contributed by atoms with van der Waals surface area (Å²) >= 11 is 0. The highest BCUT2D eigenvalue weighted by Crippen LogP contribution is 2.22. The second-order valence-corrected chi connectivity index (χ2v) is 6.45. The molecule has 0 unspecified atom stereocenters. The predicted octanol–water partition coefficient (Wildman–Crippen LogP) is 4.73. The Hall–Kier alpha value is -3.66. The second kappa shape index (κ2) is 6.57. The average molecular weight is 355 g/mol. The van der Waals surface area contributed by atoms with Crippen LogP contribution in [0.15, 0.2) is 76.0 Å². The van der Waals surface area contributed by atoms with Gasteiger partial charge < -0.3 is 10.2 Å². The lowest BCUT2D eigenvalue weighted by Gasteiger charge is -2.06. The summed E-state index contributed by atoms with van der Waals surface area (Å²) in [6.45, 7) is 1.74. The summed E-state index contributed by atoms with van der Waals surface area (Å²) in [6, 6.07) is 19.0. The van der Waals surface area contributed by atoms with Crippen LogP contribution in [-0.2, 0) is 0 Å². The van der Waals surface area contributed by atoms with E-state index in [1.807, 2.05) is 42.5 Å². The molecule has 4 heteroatoms. The molecule has 0 aliphatic carbocycles. The van der Waals surface area contributed by atoms with Crippen molar-refractivity contribution in [2.45, 2.75) is 6.92 Å². The summed E-state index contributed by atoms with van der Waals surface area (Å²) < 4.78 is 5.30. The first kappa shape index (κ1) is 16.8. The number of carbonyl (C=O) groups is 1. The first-order chi connectivity index (χ1) is 13.0. The monoisotopic (exact) mass is 355 g/mol. The molecule has 1 aromatic heterocycles. The lowest BCUT2D eigenvalue weighted by molar-refractivity contribution is 0.104. The van der Waals surface area contributed by atoms with Crippen molar-refractivity contribution in [2.24, 2.45) is 0 Å². The van der Waals surface area contributed by atoms with Gasteiger partial charge in [-0.25, -0.2) is 4.79 Å². The normalized spacial score (nSPS) is 11.4. The first-order valence-electron chi connectivity index (χ1n) is 8.57. The minimum Gasteiger partial charge on any atom is -0.422 e. The number of anilines is 1. The molecule has 4 aromatic rings. The Bertz CT molecular complexity index is 1280. The van der Waals surface area contributed by atoms with Crippen LogP contribution in [0.25, 0.3) is 27.8 Å². The molecule has 0 saturated heterocycles. The summed E-state index contributed by atoms with van der Waals surface area (Å²) in [5, 5.41) is 2.92. The lowest BCUT2D eigenvalue weighted by Crippen LogP contribution is -2.15. The van der Waals surface area contributed by atoms with Crippen molar-refractivity contribution in [2.75, 3.05) is 5.73 Å². The molecule has 0 aliphatic heterocycles. The molecule has 27 heavy (non-hydrogen) atoms. The van der Waals surface area contributed by atoms with Crippen molar-refractivity contribution >= 4 is 39.3 Å². The number of allylic oxidation sites excluding steroid dienone is 1. The summed E-state index contributed by atoms with van der Waals surface area (Å²) in [6.07, 6.45) is 3.12. The molecule has 0 radical (unpaired) electrons. The van der Waals surface area contributed by atoms with E-state index in [1.54, 1.807) is 31.2 Å². The van der Waals surface area contributed by atoms with Crippen molar-refractivity contribution in [1.29, 1.82) is 0 Å². The Morgan fingerprint density at radius 3 is 2.59 bits per heavy atom. The highest BCUT2D eigenvalue weighted by atomic mass is 16.4. The van der Waals surface area contributed by atoms with Gasteiger partial charge in [0.2, 0.25) is 0 Å². The second-order valence-electron chi connectivity index (χ2n) is 6.45. The standard InChI is InChI=1S/C23H17NO3/c1-14-19-10-9-18(24)13-21(19)27-23(26)22(14)20(25)11-7-15-6-8-16-4-2-3-5-17(16)12-15/h2-13H,24H2,1H3. The van der Waals surface area contributed by atoms with Crippen LogP contribution in [0, 0.1) is 6.92 Å². The fourth-order valence-electron chi connectivity index (χ4n) is 3.22. The summed E-state index contributed by atoms with van der Waals surface area (Å²) in [7, 11) is 0. The van der Waals surface area contributed by atoms with Gasteiger partial charge in [0.15, 0.2) is 5.78 Å². The molecule has 0 saturated carbocycles. The number of nitrogen functional groups attached to an aromatic ring is 1. The first-order valence-corrected chi connectivity index (χ1v) is 8.57. The Morgan fingerprint density at radius 1 is 1.00 bits per heavy atom. The van der Waals surface area contributed by atoms with Crippen LogP contribution in [0.3, 0.4) is 0 Å². The quantitative estimate of drug-likeness (QED) is 0.249. The minimum atomic E-state index is -0.654. The lowest BCUT2D eigenvalue weighted by atomic mass is 10.0. The number of hydrogen-bond donors (Lipinski definition) is 1. The van der Waals surface area contributed by atoms with E-state index in [2.05, 4.69) is 0 Å². The van der Waals surface area contributed by atoms with Gasteiger partial charge in [0.1, 0.15) is 11.1 Å². The van der Waals surface area contributed by atoms with Gasteiger partial charge in [0.25, 0.3) is 0 Å². The third-order valence-electron chi connectivity index (χ3n) is 4.64. The number of nitrogens with two attached hydrogens (primary N) is 1. The van der Waals surface area contributed by atoms with Crippen LogP contribution in [-0.4, -0.2) is 5.78 Å². The summed E-state index contributed by atoms with van der Waals surface area (Å²) in [4.78, 5) is 25.0. The summed E-state index contributed by atoms with van der Waals surface area (Å²) in [5.41, 5.74) is 7.49. The van der Waals surface area contributed by atoms with Gasteiger partial charge in [0.05, 0.1) is 0 Å². The number of rotatable bonds is 3. The third-order valence-corrected chi connectivity index (χ3v) is 4.64. The molecule has 0 fully saturated rings. The maximum atomic E-state index is 12.7. The third kappa shape index (κ3) is 3.13. The van der Waals surface area contributed by atoms with Crippen LogP contribution in [0.4, 0.5) is 5.69 Å². The van der Waals surface area contributed by atoms with E-state index in [0.717, 1.165) is 16.3 Å². The Labute approximate surface area is 155 Å². The van der Waals surface area contributed by atoms with Gasteiger partial charge in [-0.1, -0.05) is 42.5 Å². The molecule has 0 atom stereocenters. The fourth-order valence-corrected chi connectivity index (χ4v) is 3.22. The van der Waals surface area contributed by atoms with E-state index >= 15 is 0 Å². The zero-order valence-electron chi connectivity index (χ0n) is 14.7. The van der Waals surface area contributed by atoms with Gasteiger partial charge in [0, 0.05) is 17.1 Å². The largest absolute Gasteiger partial charge is 0.422 e. The highest BCUT2D eigenvalue weighted by Gasteiger charge is 2.16. The molecule has 3 aromatic carbocycles. The maximum Gasteiger partial charge on any atom is 0.347 e. The number of aryl methyl sites for hydroxylation is 1. The van der Waals surface area contributed by atoms with Crippen LogP contribution in [0.2, 0.25) is 0 Å². The van der Waals surface area contributed by atoms with Crippen molar-refractivity contribution in [1.82, 2.24) is 0 Å². The summed E-state index contributed by atoms with van der Waals surface area (Å²) in [5.74, 6) is -0.381. The predicted molar refractivity (Wildman–Crippen MR) is 109 cm³/mol. The van der Waals surface area contributed by atoms with E-state index in [9.17, 15) is 9.59 Å². The van der Waals surface area contributed by atoms with Crippen molar-refractivity contribution in [3.05, 3.63) is 93.9 Å². The number of hydrogen-bond acceptors (Lipinski definition) is 4. The van der Waals surface area contributed by atoms with Gasteiger partial charge in [-0.2, -0.15) is 0 Å². The Morgan fingerprint density at radius 2 is 1.78 bits per heavy atom. The van der Waals surface area contributed by atoms with Gasteiger partial charge in [-0.15, -0.1) is 0 Å². The van der Waals surface area contributed by atoms with Gasteiger partial charge in [-0.3, -0.25) is 4.79 Å². The number of ketones is 1. The number of benzene rings is 3. The molecule has 0 amide bonds. The van der Waals surface area contributed by atoms with Crippen molar-refractivity contribution in [3.8, 4) is 0 Å².